The van der Waals surface area contributed by atoms with E-state index in [9.17, 15) is 9.59 Å². The molecule has 0 saturated heterocycles. The molecule has 1 aromatic rings. The molecule has 6 N–H and O–H groups in total. The van der Waals surface area contributed by atoms with E-state index in [4.69, 9.17) is 11.5 Å². The van der Waals surface area contributed by atoms with Gasteiger partial charge in [-0.15, -0.1) is 0 Å². The summed E-state index contributed by atoms with van der Waals surface area (Å²) in [6, 6.07) is 2.93. The van der Waals surface area contributed by atoms with Crippen LogP contribution in [-0.2, 0) is 16.0 Å². The third-order valence-corrected chi connectivity index (χ3v) is 4.63. The number of aryl methyl sites for hydroxylation is 3. The molecule has 0 unspecified atom stereocenters. The summed E-state index contributed by atoms with van der Waals surface area (Å²) in [6.45, 7) is 8.17. The van der Waals surface area contributed by atoms with Crippen molar-refractivity contribution in [3.05, 3.63) is 34.4 Å². The molecule has 1 rings (SSSR count). The van der Waals surface area contributed by atoms with Gasteiger partial charge in [-0.1, -0.05) is 17.7 Å². The number of rotatable bonds is 9. The van der Waals surface area contributed by atoms with Crippen LogP contribution in [0.2, 0.25) is 0 Å². The van der Waals surface area contributed by atoms with Crippen molar-refractivity contribution < 1.29 is 9.59 Å². The van der Waals surface area contributed by atoms with Crippen LogP contribution in [0.3, 0.4) is 0 Å². The van der Waals surface area contributed by atoms with Crippen LogP contribution >= 0.6 is 0 Å². The highest BCUT2D eigenvalue weighted by Crippen LogP contribution is 2.18. The molecule has 7 heteroatoms. The summed E-state index contributed by atoms with van der Waals surface area (Å²) in [7, 11) is 1.60. The number of nitrogens with two attached hydrogens (primary N) is 2. The number of aliphatic imine (C=N–C) groups is 1. The Hall–Kier alpha value is -2.41. The summed E-state index contributed by atoms with van der Waals surface area (Å²) in [6.07, 6.45) is 1.63. The first kappa shape index (κ1) is 22.6. The van der Waals surface area contributed by atoms with Gasteiger partial charge in [0.25, 0.3) is 0 Å². The van der Waals surface area contributed by atoms with Crippen molar-refractivity contribution in [3.63, 3.8) is 0 Å². The highest BCUT2D eigenvalue weighted by atomic mass is 16.2. The molecule has 0 radical (unpaired) electrons. The van der Waals surface area contributed by atoms with Crippen LogP contribution in [0.25, 0.3) is 0 Å². The fourth-order valence-corrected chi connectivity index (χ4v) is 3.06. The Balaban J connectivity index is 2.66. The molecule has 1 amide bonds. The van der Waals surface area contributed by atoms with E-state index in [0.29, 0.717) is 31.8 Å². The second-order valence-corrected chi connectivity index (χ2v) is 7.04. The number of ketones is 1. The zero-order chi connectivity index (χ0) is 20.6. The first-order chi connectivity index (χ1) is 12.6. The minimum atomic E-state index is -0.673. The van der Waals surface area contributed by atoms with E-state index in [2.05, 4.69) is 27.8 Å². The molecular formula is C20H33N5O2. The van der Waals surface area contributed by atoms with E-state index >= 15 is 0 Å². The van der Waals surface area contributed by atoms with Crippen LogP contribution in [0.1, 0.15) is 42.0 Å². The molecule has 0 aliphatic carbocycles. The number of hydrogen-bond donors (Lipinski definition) is 4. The van der Waals surface area contributed by atoms with E-state index in [0.717, 1.165) is 16.7 Å². The maximum atomic E-state index is 12.4. The molecule has 0 aliphatic rings. The molecule has 0 heterocycles. The zero-order valence-electron chi connectivity index (χ0n) is 17.1. The summed E-state index contributed by atoms with van der Waals surface area (Å²) in [4.78, 5) is 28.3. The molecule has 7 nitrogen and oxygen atoms in total. The standard InChI is InChI=1S/C20H33N5O2/c1-12-9-13(2)16(14(3)10-12)11-18(15(4)26)25-19(27)17(21)7-6-8-24-20(22)23-5/h9-10,17-18H,6-8,11,21H2,1-5H3,(H,25,27)(H3,22,23,24)/t17-,18+/m1/s1. The van der Waals surface area contributed by atoms with Gasteiger partial charge in [0.15, 0.2) is 11.7 Å². The van der Waals surface area contributed by atoms with Crippen molar-refractivity contribution in [1.29, 1.82) is 0 Å². The normalized spacial score (nSPS) is 13.8. The Morgan fingerprint density at radius 3 is 2.30 bits per heavy atom. The fourth-order valence-electron chi connectivity index (χ4n) is 3.06. The number of guanidine groups is 1. The van der Waals surface area contributed by atoms with Gasteiger partial charge in [0.2, 0.25) is 5.91 Å². The smallest absolute Gasteiger partial charge is 0.237 e. The van der Waals surface area contributed by atoms with Crippen molar-refractivity contribution in [2.24, 2.45) is 16.5 Å². The molecule has 0 spiro atoms. The number of Topliss-reactive ketones (excluding diaryl/α,β-unsaturated/α-hetero) is 1. The van der Waals surface area contributed by atoms with Gasteiger partial charge in [-0.05, 0) is 57.2 Å². The minimum Gasteiger partial charge on any atom is -0.370 e. The topological polar surface area (TPSA) is 123 Å². The van der Waals surface area contributed by atoms with Crippen LogP contribution in [-0.4, -0.2) is 43.3 Å². The highest BCUT2D eigenvalue weighted by molar-refractivity contribution is 5.89. The second-order valence-electron chi connectivity index (χ2n) is 7.04. The van der Waals surface area contributed by atoms with Crippen molar-refractivity contribution in [2.45, 2.75) is 59.0 Å². The summed E-state index contributed by atoms with van der Waals surface area (Å²) in [5.74, 6) is -0.0354. The van der Waals surface area contributed by atoms with Crippen molar-refractivity contribution >= 4 is 17.6 Å². The number of carbonyl (C=O) groups is 2. The average Bonchev–Trinajstić information content (AvgIpc) is 2.59. The van der Waals surface area contributed by atoms with Crippen LogP contribution < -0.4 is 22.1 Å². The van der Waals surface area contributed by atoms with Gasteiger partial charge in [-0.3, -0.25) is 14.6 Å². The number of nitrogens with zero attached hydrogens (tertiary/aromatic N) is 1. The van der Waals surface area contributed by atoms with E-state index in [1.165, 1.54) is 12.5 Å². The minimum absolute atomic E-state index is 0.0801. The van der Waals surface area contributed by atoms with E-state index < -0.39 is 12.1 Å². The maximum Gasteiger partial charge on any atom is 0.237 e. The van der Waals surface area contributed by atoms with Gasteiger partial charge in [0.05, 0.1) is 12.1 Å². The summed E-state index contributed by atoms with van der Waals surface area (Å²) >= 11 is 0. The molecule has 0 saturated carbocycles. The molecular weight excluding hydrogens is 342 g/mol. The highest BCUT2D eigenvalue weighted by Gasteiger charge is 2.22. The molecule has 1 aromatic carbocycles. The Kier molecular flexibility index (Phi) is 8.94. The molecule has 2 atom stereocenters. The molecule has 0 fully saturated rings. The Morgan fingerprint density at radius 1 is 1.19 bits per heavy atom. The number of carbonyl (C=O) groups excluding carboxylic acids is 2. The first-order valence-corrected chi connectivity index (χ1v) is 9.25. The summed E-state index contributed by atoms with van der Waals surface area (Å²) in [5.41, 5.74) is 16.0. The lowest BCUT2D eigenvalue weighted by Gasteiger charge is -2.21. The second kappa shape index (κ2) is 10.7. The van der Waals surface area contributed by atoms with Crippen LogP contribution in [0.15, 0.2) is 17.1 Å². The zero-order valence-corrected chi connectivity index (χ0v) is 17.1. The quantitative estimate of drug-likeness (QED) is 0.290. The van der Waals surface area contributed by atoms with Crippen LogP contribution in [0.5, 0.6) is 0 Å². The Morgan fingerprint density at radius 2 is 1.78 bits per heavy atom. The Labute approximate surface area is 162 Å². The number of benzene rings is 1. The Bertz CT molecular complexity index is 677. The summed E-state index contributed by atoms with van der Waals surface area (Å²) < 4.78 is 0. The molecule has 150 valence electrons. The lowest BCUT2D eigenvalue weighted by molar-refractivity contribution is -0.127. The number of amides is 1. The lowest BCUT2D eigenvalue weighted by Crippen LogP contribution is -2.49. The SMILES string of the molecule is CN=C(N)NCCC[C@@H](N)C(=O)N[C@@H](Cc1c(C)cc(C)cc1C)C(C)=O. The van der Waals surface area contributed by atoms with E-state index in [-0.39, 0.29) is 11.7 Å². The molecule has 27 heavy (non-hydrogen) atoms. The summed E-state index contributed by atoms with van der Waals surface area (Å²) in [5, 5.41) is 5.73. The van der Waals surface area contributed by atoms with E-state index in [1.807, 2.05) is 20.8 Å². The van der Waals surface area contributed by atoms with Gasteiger partial charge in [-0.2, -0.15) is 0 Å². The lowest BCUT2D eigenvalue weighted by atomic mass is 9.93. The fraction of sp³-hybridized carbons (Fsp3) is 0.550. The number of nitrogens with one attached hydrogen (secondary N) is 2. The monoisotopic (exact) mass is 375 g/mol. The van der Waals surface area contributed by atoms with Crippen molar-refractivity contribution in [2.75, 3.05) is 13.6 Å². The van der Waals surface area contributed by atoms with E-state index in [1.54, 1.807) is 7.05 Å². The van der Waals surface area contributed by atoms with Gasteiger partial charge in [0.1, 0.15) is 0 Å². The predicted octanol–water partition coefficient (Wildman–Crippen LogP) is 0.870. The van der Waals surface area contributed by atoms with Crippen molar-refractivity contribution in [3.8, 4) is 0 Å². The van der Waals surface area contributed by atoms with Crippen molar-refractivity contribution in [1.82, 2.24) is 10.6 Å². The van der Waals surface area contributed by atoms with Gasteiger partial charge < -0.3 is 22.1 Å². The first-order valence-electron chi connectivity index (χ1n) is 9.25. The average molecular weight is 376 g/mol. The number of hydrogen-bond acceptors (Lipinski definition) is 4. The maximum absolute atomic E-state index is 12.4. The molecule has 0 aliphatic heterocycles. The van der Waals surface area contributed by atoms with Gasteiger partial charge in [0, 0.05) is 20.0 Å². The third kappa shape index (κ3) is 7.38. The van der Waals surface area contributed by atoms with Crippen LogP contribution in [0, 0.1) is 20.8 Å². The van der Waals surface area contributed by atoms with Gasteiger partial charge in [-0.25, -0.2) is 0 Å². The van der Waals surface area contributed by atoms with Crippen LogP contribution in [0.4, 0.5) is 0 Å². The van der Waals surface area contributed by atoms with Gasteiger partial charge >= 0.3 is 0 Å². The third-order valence-electron chi connectivity index (χ3n) is 4.63. The molecule has 0 aromatic heterocycles. The molecule has 0 bridgehead atoms. The largest absolute Gasteiger partial charge is 0.370 e. The predicted molar refractivity (Wildman–Crippen MR) is 110 cm³/mol.